The fraction of sp³-hybridized carbons (Fsp3) is 0.160. The van der Waals surface area contributed by atoms with Gasteiger partial charge in [-0.2, -0.15) is 5.26 Å². The summed E-state index contributed by atoms with van der Waals surface area (Å²) in [5, 5.41) is 15.5. The summed E-state index contributed by atoms with van der Waals surface area (Å²) < 4.78 is 16.4. The third-order valence-electron chi connectivity index (χ3n) is 4.37. The Kier molecular flexibility index (Phi) is 7.82. The Morgan fingerprint density at radius 2 is 1.94 bits per heavy atom. The van der Waals surface area contributed by atoms with Gasteiger partial charge >= 0.3 is 0 Å². The molecule has 1 aromatic heterocycles. The average Bonchev–Trinajstić information content (AvgIpc) is 3.21. The average molecular weight is 429 g/mol. The van der Waals surface area contributed by atoms with Gasteiger partial charge in [0.2, 0.25) is 0 Å². The normalized spacial score (nSPS) is 10.8. The van der Waals surface area contributed by atoms with E-state index in [1.54, 1.807) is 37.3 Å². The molecule has 1 N–H and O–H groups in total. The molecule has 0 spiro atoms. The van der Waals surface area contributed by atoms with Crippen molar-refractivity contribution >= 4 is 17.8 Å². The minimum Gasteiger partial charge on any atom is -0.490 e. The number of ether oxygens (including phenoxy) is 2. The molecule has 1 heterocycles. The number of allylic oxidation sites excluding steroid dienone is 1. The van der Waals surface area contributed by atoms with Crippen molar-refractivity contribution in [2.45, 2.75) is 13.3 Å². The number of nitriles is 1. The van der Waals surface area contributed by atoms with Crippen molar-refractivity contribution in [3.63, 3.8) is 0 Å². The Morgan fingerprint density at radius 1 is 1.19 bits per heavy atom. The van der Waals surface area contributed by atoms with Gasteiger partial charge < -0.3 is 19.3 Å². The van der Waals surface area contributed by atoms with Crippen molar-refractivity contribution in [3.05, 3.63) is 89.7 Å². The number of aromatic nitrogens is 1. The van der Waals surface area contributed by atoms with E-state index in [9.17, 15) is 10.1 Å². The maximum absolute atomic E-state index is 12.3. The summed E-state index contributed by atoms with van der Waals surface area (Å²) in [6.45, 7) is 6.25. The Balaban J connectivity index is 1.52. The predicted octanol–water partition coefficient (Wildman–Crippen LogP) is 4.72. The van der Waals surface area contributed by atoms with E-state index in [4.69, 9.17) is 14.0 Å². The summed E-state index contributed by atoms with van der Waals surface area (Å²) in [4.78, 5) is 12.3. The molecule has 0 saturated carbocycles. The van der Waals surface area contributed by atoms with Crippen LogP contribution in [-0.2, 0) is 11.2 Å². The Morgan fingerprint density at radius 3 is 2.62 bits per heavy atom. The second-order valence-electron chi connectivity index (χ2n) is 6.81. The molecule has 3 aromatic rings. The van der Waals surface area contributed by atoms with Gasteiger partial charge in [0.15, 0.2) is 5.82 Å². The van der Waals surface area contributed by atoms with E-state index in [0.29, 0.717) is 30.3 Å². The van der Waals surface area contributed by atoms with Gasteiger partial charge in [-0.25, -0.2) is 0 Å². The molecule has 0 bridgehead atoms. The first-order chi connectivity index (χ1) is 15.6. The van der Waals surface area contributed by atoms with Crippen LogP contribution in [0.1, 0.15) is 16.9 Å². The second kappa shape index (κ2) is 11.2. The molecular weight excluding hydrogens is 406 g/mol. The summed E-state index contributed by atoms with van der Waals surface area (Å²) in [5.41, 5.74) is 1.72. The number of para-hydroxylation sites is 1. The number of carbonyl (C=O) groups excluding carboxylic acids is 1. The van der Waals surface area contributed by atoms with Gasteiger partial charge in [0.1, 0.15) is 42.1 Å². The fourth-order valence-corrected chi connectivity index (χ4v) is 2.86. The molecule has 3 rings (SSSR count). The number of carbonyl (C=O) groups is 1. The molecule has 7 heteroatoms. The van der Waals surface area contributed by atoms with Crippen LogP contribution in [0.3, 0.4) is 0 Å². The third kappa shape index (κ3) is 6.34. The first-order valence-corrected chi connectivity index (χ1v) is 10.00. The lowest BCUT2D eigenvalue weighted by molar-refractivity contribution is -0.112. The molecule has 0 unspecified atom stereocenters. The first-order valence-electron chi connectivity index (χ1n) is 10.00. The van der Waals surface area contributed by atoms with Gasteiger partial charge in [-0.05, 0) is 48.7 Å². The maximum atomic E-state index is 12.3. The molecule has 2 aromatic carbocycles. The molecule has 0 fully saturated rings. The zero-order valence-electron chi connectivity index (χ0n) is 17.7. The van der Waals surface area contributed by atoms with Crippen LogP contribution in [0, 0.1) is 18.3 Å². The van der Waals surface area contributed by atoms with E-state index in [0.717, 1.165) is 17.7 Å². The van der Waals surface area contributed by atoms with Gasteiger partial charge in [-0.3, -0.25) is 4.79 Å². The van der Waals surface area contributed by atoms with Gasteiger partial charge in [0.25, 0.3) is 5.91 Å². The van der Waals surface area contributed by atoms with Crippen LogP contribution < -0.4 is 14.8 Å². The monoisotopic (exact) mass is 429 g/mol. The number of nitrogens with one attached hydrogen (secondary N) is 1. The van der Waals surface area contributed by atoms with Gasteiger partial charge in [-0.15, -0.1) is 6.58 Å². The van der Waals surface area contributed by atoms with Crippen LogP contribution in [0.2, 0.25) is 0 Å². The molecular formula is C25H23N3O4. The van der Waals surface area contributed by atoms with Crippen LogP contribution in [0.25, 0.3) is 6.08 Å². The highest BCUT2D eigenvalue weighted by atomic mass is 16.5. The van der Waals surface area contributed by atoms with Crippen LogP contribution in [0.5, 0.6) is 11.5 Å². The lowest BCUT2D eigenvalue weighted by atomic mass is 10.1. The number of amides is 1. The Bertz CT molecular complexity index is 1140. The summed E-state index contributed by atoms with van der Waals surface area (Å²) in [5.74, 6) is 1.73. The molecule has 1 amide bonds. The van der Waals surface area contributed by atoms with E-state index < -0.39 is 5.91 Å². The van der Waals surface area contributed by atoms with Crippen molar-refractivity contribution in [2.24, 2.45) is 0 Å². The molecule has 0 radical (unpaired) electrons. The summed E-state index contributed by atoms with van der Waals surface area (Å²) in [6, 6.07) is 18.4. The maximum Gasteiger partial charge on any atom is 0.267 e. The number of hydrogen-bond donors (Lipinski definition) is 1. The van der Waals surface area contributed by atoms with E-state index in [2.05, 4.69) is 17.1 Å². The zero-order chi connectivity index (χ0) is 22.8. The number of benzene rings is 2. The molecule has 0 aliphatic heterocycles. The van der Waals surface area contributed by atoms with Crippen LogP contribution >= 0.6 is 0 Å². The van der Waals surface area contributed by atoms with Crippen LogP contribution in [0.15, 0.2) is 77.3 Å². The number of rotatable bonds is 10. The number of aryl methyl sites for hydroxylation is 1. The summed E-state index contributed by atoms with van der Waals surface area (Å²) in [6.07, 6.45) is 4.07. The quantitative estimate of drug-likeness (QED) is 0.217. The first kappa shape index (κ1) is 22.4. The summed E-state index contributed by atoms with van der Waals surface area (Å²) in [7, 11) is 0. The largest absolute Gasteiger partial charge is 0.490 e. The van der Waals surface area contributed by atoms with E-state index in [1.165, 1.54) is 6.08 Å². The van der Waals surface area contributed by atoms with Crippen LogP contribution in [0.4, 0.5) is 5.82 Å². The van der Waals surface area contributed by atoms with Crippen molar-refractivity contribution < 1.29 is 18.8 Å². The Labute approximate surface area is 186 Å². The van der Waals surface area contributed by atoms with Crippen LogP contribution in [-0.4, -0.2) is 24.3 Å². The lowest BCUT2D eigenvalue weighted by Gasteiger charge is -2.11. The Hall–Kier alpha value is -4.31. The predicted molar refractivity (Wildman–Crippen MR) is 121 cm³/mol. The second-order valence-corrected chi connectivity index (χ2v) is 6.81. The molecule has 0 aliphatic carbocycles. The molecule has 32 heavy (non-hydrogen) atoms. The van der Waals surface area contributed by atoms with Crippen molar-refractivity contribution in [1.82, 2.24) is 5.16 Å². The molecule has 7 nitrogen and oxygen atoms in total. The third-order valence-corrected chi connectivity index (χ3v) is 4.37. The van der Waals surface area contributed by atoms with Gasteiger partial charge in [0, 0.05) is 6.07 Å². The highest BCUT2D eigenvalue weighted by molar-refractivity contribution is 6.09. The van der Waals surface area contributed by atoms with E-state index >= 15 is 0 Å². The minimum atomic E-state index is -0.560. The highest BCUT2D eigenvalue weighted by Crippen LogP contribution is 2.19. The molecule has 162 valence electrons. The number of nitrogens with zero attached hydrogens (tertiary/aromatic N) is 2. The standard InChI is InChI=1S/C25H23N3O4/c1-3-6-20-7-4-5-8-23(20)31-14-13-30-22-11-9-19(10-12-22)16-21(17-26)25(29)27-24-15-18(2)32-28-24/h3-5,7-12,15-16H,1,6,13-14H2,2H3,(H,27,28,29). The van der Waals surface area contributed by atoms with Gasteiger partial charge in [0.05, 0.1) is 0 Å². The lowest BCUT2D eigenvalue weighted by Crippen LogP contribution is -2.13. The SMILES string of the molecule is C=CCc1ccccc1OCCOc1ccc(C=C(C#N)C(=O)Nc2cc(C)on2)cc1. The topological polar surface area (TPSA) is 97.4 Å². The summed E-state index contributed by atoms with van der Waals surface area (Å²) >= 11 is 0. The highest BCUT2D eigenvalue weighted by Gasteiger charge is 2.12. The minimum absolute atomic E-state index is 0.0501. The molecule has 0 aliphatic rings. The van der Waals surface area contributed by atoms with E-state index in [1.807, 2.05) is 36.4 Å². The fourth-order valence-electron chi connectivity index (χ4n) is 2.86. The van der Waals surface area contributed by atoms with Gasteiger partial charge in [-0.1, -0.05) is 41.6 Å². The smallest absolute Gasteiger partial charge is 0.267 e. The van der Waals surface area contributed by atoms with E-state index in [-0.39, 0.29) is 11.4 Å². The zero-order valence-corrected chi connectivity index (χ0v) is 17.7. The van der Waals surface area contributed by atoms with Crippen molar-refractivity contribution in [1.29, 1.82) is 5.26 Å². The number of anilines is 1. The molecule has 0 saturated heterocycles. The number of hydrogen-bond acceptors (Lipinski definition) is 6. The molecule has 0 atom stereocenters. The van der Waals surface area contributed by atoms with Crippen molar-refractivity contribution in [2.75, 3.05) is 18.5 Å². The van der Waals surface area contributed by atoms with Crippen molar-refractivity contribution in [3.8, 4) is 17.6 Å².